The summed E-state index contributed by atoms with van der Waals surface area (Å²) < 4.78 is 27.1. The van der Waals surface area contributed by atoms with E-state index in [9.17, 15) is 13.2 Å². The predicted molar refractivity (Wildman–Crippen MR) is 75.8 cm³/mol. The van der Waals surface area contributed by atoms with Crippen molar-refractivity contribution in [2.24, 2.45) is 5.92 Å². The molecule has 2 aliphatic heterocycles. The lowest BCUT2D eigenvalue weighted by Gasteiger charge is -2.48. The van der Waals surface area contributed by atoms with Gasteiger partial charge in [0.2, 0.25) is 10.0 Å². The van der Waals surface area contributed by atoms with E-state index in [-0.39, 0.29) is 12.0 Å². The Morgan fingerprint density at radius 2 is 1.70 bits per heavy atom. The van der Waals surface area contributed by atoms with Gasteiger partial charge in [-0.05, 0) is 50.7 Å². The topological polar surface area (TPSA) is 54.5 Å². The Morgan fingerprint density at radius 3 is 2.25 bits per heavy atom. The van der Waals surface area contributed by atoms with E-state index in [1.54, 1.807) is 24.3 Å². The van der Waals surface area contributed by atoms with Crippen molar-refractivity contribution in [1.82, 2.24) is 4.31 Å². The smallest absolute Gasteiger partial charge is 0.243 e. The zero-order valence-corrected chi connectivity index (χ0v) is 12.3. The highest BCUT2D eigenvalue weighted by molar-refractivity contribution is 7.89. The molecule has 0 amide bonds. The number of piperidine rings is 2. The fraction of sp³-hybridized carbons (Fsp3) is 0.533. The van der Waals surface area contributed by atoms with Crippen molar-refractivity contribution in [2.75, 3.05) is 0 Å². The molecule has 1 unspecified atom stereocenters. The molecule has 2 heterocycles. The van der Waals surface area contributed by atoms with Gasteiger partial charge in [-0.25, -0.2) is 8.42 Å². The van der Waals surface area contributed by atoms with Gasteiger partial charge in [-0.1, -0.05) is 17.7 Å². The molecule has 2 saturated heterocycles. The van der Waals surface area contributed by atoms with Gasteiger partial charge in [0.1, 0.15) is 6.29 Å². The first kappa shape index (κ1) is 13.8. The van der Waals surface area contributed by atoms with Crippen LogP contribution in [0.5, 0.6) is 0 Å². The molecule has 4 nitrogen and oxygen atoms in total. The number of sulfonamides is 1. The van der Waals surface area contributed by atoms with Gasteiger partial charge in [-0.15, -0.1) is 0 Å². The minimum atomic E-state index is -3.57. The molecule has 1 aliphatic carbocycles. The molecule has 3 aliphatic rings. The van der Waals surface area contributed by atoms with Crippen LogP contribution in [0.15, 0.2) is 29.2 Å². The SMILES string of the molecule is Cc1ccc(S(=O)(=O)N2C3CCC(CC3)C2C=O)cc1. The van der Waals surface area contributed by atoms with E-state index in [1.165, 1.54) is 4.31 Å². The average molecular weight is 293 g/mol. The summed E-state index contributed by atoms with van der Waals surface area (Å²) in [5, 5.41) is 0. The molecular formula is C15H19NO3S. The highest BCUT2D eigenvalue weighted by Crippen LogP contribution is 2.41. The number of rotatable bonds is 3. The summed E-state index contributed by atoms with van der Waals surface area (Å²) in [5.74, 6) is 0.192. The third-order valence-corrected chi connectivity index (χ3v) is 6.58. The van der Waals surface area contributed by atoms with Crippen LogP contribution < -0.4 is 0 Å². The van der Waals surface area contributed by atoms with Crippen molar-refractivity contribution in [3.8, 4) is 0 Å². The summed E-state index contributed by atoms with van der Waals surface area (Å²) in [5.41, 5.74) is 1.02. The number of fused-ring (bicyclic) bond motifs is 3. The quantitative estimate of drug-likeness (QED) is 0.802. The summed E-state index contributed by atoms with van der Waals surface area (Å²) in [6.07, 6.45) is 4.50. The van der Waals surface area contributed by atoms with Gasteiger partial charge in [-0.2, -0.15) is 4.31 Å². The predicted octanol–water partition coefficient (Wildman–Crippen LogP) is 2.13. The van der Waals surface area contributed by atoms with E-state index < -0.39 is 16.1 Å². The van der Waals surface area contributed by atoms with Crippen LogP contribution in [-0.4, -0.2) is 31.1 Å². The maximum absolute atomic E-state index is 12.8. The average Bonchev–Trinajstić information content (AvgIpc) is 2.47. The molecule has 0 N–H and O–H groups in total. The lowest BCUT2D eigenvalue weighted by atomic mass is 9.77. The molecule has 1 aromatic rings. The number of carbonyl (C=O) groups excluding carboxylic acids is 1. The molecule has 4 rings (SSSR count). The molecule has 108 valence electrons. The maximum Gasteiger partial charge on any atom is 0.243 e. The van der Waals surface area contributed by atoms with Crippen molar-refractivity contribution in [3.63, 3.8) is 0 Å². The normalized spacial score (nSPS) is 30.4. The monoisotopic (exact) mass is 293 g/mol. The number of hydrogen-bond donors (Lipinski definition) is 0. The summed E-state index contributed by atoms with van der Waals surface area (Å²) in [4.78, 5) is 11.7. The van der Waals surface area contributed by atoms with Crippen LogP contribution in [0.25, 0.3) is 0 Å². The fourth-order valence-corrected chi connectivity index (χ4v) is 5.38. The minimum absolute atomic E-state index is 0.0125. The van der Waals surface area contributed by atoms with E-state index >= 15 is 0 Å². The molecule has 1 atom stereocenters. The standard InChI is InChI=1S/C15H19NO3S/c1-11-2-8-14(9-3-11)20(18,19)16-13-6-4-12(5-7-13)15(16)10-17/h2-3,8-10,12-13,15H,4-7H2,1H3. The molecular weight excluding hydrogens is 274 g/mol. The molecule has 3 fully saturated rings. The largest absolute Gasteiger partial charge is 0.302 e. The molecule has 2 bridgehead atoms. The third kappa shape index (κ3) is 2.09. The van der Waals surface area contributed by atoms with Gasteiger partial charge in [-0.3, -0.25) is 0 Å². The number of aldehydes is 1. The van der Waals surface area contributed by atoms with Gasteiger partial charge in [0.15, 0.2) is 0 Å². The molecule has 0 aromatic heterocycles. The van der Waals surface area contributed by atoms with E-state index in [0.29, 0.717) is 4.90 Å². The Hall–Kier alpha value is -1.20. The number of carbonyl (C=O) groups is 1. The summed E-state index contributed by atoms with van der Waals surface area (Å²) >= 11 is 0. The van der Waals surface area contributed by atoms with E-state index in [2.05, 4.69) is 0 Å². The number of hydrogen-bond acceptors (Lipinski definition) is 3. The van der Waals surface area contributed by atoms with Crippen molar-refractivity contribution in [3.05, 3.63) is 29.8 Å². The van der Waals surface area contributed by atoms with Crippen molar-refractivity contribution >= 4 is 16.3 Å². The summed E-state index contributed by atoms with van der Waals surface area (Å²) in [7, 11) is -3.57. The molecule has 5 heteroatoms. The Balaban J connectivity index is 2.01. The Morgan fingerprint density at radius 1 is 1.10 bits per heavy atom. The van der Waals surface area contributed by atoms with Crippen molar-refractivity contribution in [2.45, 2.75) is 49.6 Å². The molecule has 0 radical (unpaired) electrons. The van der Waals surface area contributed by atoms with Gasteiger partial charge in [0.25, 0.3) is 0 Å². The first-order valence-corrected chi connectivity index (χ1v) is 8.53. The van der Waals surface area contributed by atoms with Gasteiger partial charge >= 0.3 is 0 Å². The first-order valence-electron chi connectivity index (χ1n) is 7.09. The summed E-state index contributed by atoms with van der Waals surface area (Å²) in [6.45, 7) is 1.92. The Bertz CT molecular complexity index is 601. The van der Waals surface area contributed by atoms with Gasteiger partial charge in [0, 0.05) is 6.04 Å². The van der Waals surface area contributed by atoms with Gasteiger partial charge in [0.05, 0.1) is 10.9 Å². The highest BCUT2D eigenvalue weighted by Gasteiger charge is 2.47. The Kier molecular flexibility index (Phi) is 3.42. The van der Waals surface area contributed by atoms with Crippen molar-refractivity contribution < 1.29 is 13.2 Å². The molecule has 1 saturated carbocycles. The zero-order valence-electron chi connectivity index (χ0n) is 11.5. The lowest BCUT2D eigenvalue weighted by molar-refractivity contribution is -0.116. The van der Waals surface area contributed by atoms with Crippen LogP contribution in [0.1, 0.15) is 31.2 Å². The highest BCUT2D eigenvalue weighted by atomic mass is 32.2. The molecule has 0 spiro atoms. The minimum Gasteiger partial charge on any atom is -0.302 e. The van der Waals surface area contributed by atoms with Crippen LogP contribution in [0, 0.1) is 12.8 Å². The molecule has 20 heavy (non-hydrogen) atoms. The van der Waals surface area contributed by atoms with E-state index in [4.69, 9.17) is 0 Å². The summed E-state index contributed by atoms with van der Waals surface area (Å²) in [6, 6.07) is 6.37. The lowest BCUT2D eigenvalue weighted by Crippen LogP contribution is -2.57. The van der Waals surface area contributed by atoms with Crippen LogP contribution in [0.3, 0.4) is 0 Å². The second-order valence-electron chi connectivity index (χ2n) is 5.84. The van der Waals surface area contributed by atoms with Crippen LogP contribution in [-0.2, 0) is 14.8 Å². The first-order chi connectivity index (χ1) is 9.54. The maximum atomic E-state index is 12.8. The van der Waals surface area contributed by atoms with Crippen LogP contribution >= 0.6 is 0 Å². The number of benzene rings is 1. The zero-order chi connectivity index (χ0) is 14.3. The van der Waals surface area contributed by atoms with Crippen molar-refractivity contribution in [1.29, 1.82) is 0 Å². The van der Waals surface area contributed by atoms with Crippen LogP contribution in [0.4, 0.5) is 0 Å². The van der Waals surface area contributed by atoms with E-state index in [1.807, 2.05) is 6.92 Å². The fourth-order valence-electron chi connectivity index (χ4n) is 3.51. The van der Waals surface area contributed by atoms with Gasteiger partial charge < -0.3 is 4.79 Å². The number of aryl methyl sites for hydroxylation is 1. The number of nitrogens with zero attached hydrogens (tertiary/aromatic N) is 1. The Labute approximate surface area is 119 Å². The molecule has 1 aromatic carbocycles. The second kappa shape index (κ2) is 4.97. The second-order valence-corrected chi connectivity index (χ2v) is 7.69. The van der Waals surface area contributed by atoms with E-state index in [0.717, 1.165) is 37.5 Å². The van der Waals surface area contributed by atoms with Crippen LogP contribution in [0.2, 0.25) is 0 Å². The third-order valence-electron chi connectivity index (χ3n) is 4.61.